The van der Waals surface area contributed by atoms with Crippen molar-refractivity contribution >= 4 is 18.0 Å². The Kier molecular flexibility index (Phi) is 8.63. The molecule has 0 saturated heterocycles. The Bertz CT molecular complexity index is 1030. The fraction of sp³-hybridized carbons (Fsp3) is 0.385. The van der Waals surface area contributed by atoms with Crippen molar-refractivity contribution in [1.29, 1.82) is 5.26 Å². The number of carboxylic acids is 1. The van der Waals surface area contributed by atoms with Crippen LogP contribution in [-0.4, -0.2) is 41.8 Å². The van der Waals surface area contributed by atoms with Gasteiger partial charge >= 0.3 is 12.1 Å². The van der Waals surface area contributed by atoms with Crippen molar-refractivity contribution in [2.45, 2.75) is 57.0 Å². The Morgan fingerprint density at radius 3 is 2.24 bits per heavy atom. The molecule has 0 heterocycles. The fourth-order valence-corrected chi connectivity index (χ4v) is 4.26. The number of carboxylic acid groups (broad SMARTS) is 1. The smallest absolute Gasteiger partial charge is 0.407 e. The van der Waals surface area contributed by atoms with Gasteiger partial charge in [0.25, 0.3) is 0 Å². The molecule has 2 aromatic rings. The number of hydrogen-bond acceptors (Lipinski definition) is 5. The van der Waals surface area contributed by atoms with Gasteiger partial charge in [-0.05, 0) is 48.4 Å². The van der Waals surface area contributed by atoms with Crippen molar-refractivity contribution in [3.8, 4) is 17.2 Å². The van der Waals surface area contributed by atoms with Crippen LogP contribution in [0.15, 0.2) is 48.5 Å². The first kappa shape index (κ1) is 24.8. The van der Waals surface area contributed by atoms with Crippen molar-refractivity contribution in [2.24, 2.45) is 0 Å². The van der Waals surface area contributed by atoms with E-state index in [1.807, 2.05) is 48.5 Å². The van der Waals surface area contributed by atoms with E-state index in [0.29, 0.717) is 25.7 Å². The minimum atomic E-state index is -1.03. The van der Waals surface area contributed by atoms with Gasteiger partial charge in [-0.1, -0.05) is 48.5 Å². The normalized spacial score (nSPS) is 13.6. The molecular formula is C26H29N3O5. The third-order valence-electron chi connectivity index (χ3n) is 5.85. The van der Waals surface area contributed by atoms with Gasteiger partial charge in [0.15, 0.2) is 0 Å². The fourth-order valence-electron chi connectivity index (χ4n) is 4.26. The summed E-state index contributed by atoms with van der Waals surface area (Å²) in [5.74, 6) is -1.60. The van der Waals surface area contributed by atoms with E-state index in [2.05, 4.69) is 16.7 Å². The predicted molar refractivity (Wildman–Crippen MR) is 126 cm³/mol. The van der Waals surface area contributed by atoms with Crippen LogP contribution in [0, 0.1) is 11.3 Å². The van der Waals surface area contributed by atoms with E-state index in [4.69, 9.17) is 15.1 Å². The summed E-state index contributed by atoms with van der Waals surface area (Å²) in [6.45, 7) is 1.71. The Balaban J connectivity index is 1.63. The SMILES string of the molecule is CC(CC(=O)O)NC(=O)C(CCCCC#N)NC(=O)OCC1c2ccccc2-c2ccccc21. The number of ether oxygens (including phenoxy) is 1. The van der Waals surface area contributed by atoms with E-state index < -0.39 is 30.1 Å². The third kappa shape index (κ3) is 6.35. The Hall–Kier alpha value is -3.86. The Morgan fingerprint density at radius 1 is 1.03 bits per heavy atom. The number of rotatable bonds is 11. The van der Waals surface area contributed by atoms with Gasteiger partial charge < -0.3 is 20.5 Å². The van der Waals surface area contributed by atoms with E-state index in [1.165, 1.54) is 0 Å². The molecule has 2 unspecified atom stereocenters. The standard InChI is InChI=1S/C26H29N3O5/c1-17(15-24(30)31)28-25(32)23(13-3-2-8-14-27)29-26(33)34-16-22-20-11-6-4-9-18(20)19-10-5-7-12-21(19)22/h4-7,9-12,17,22-23H,2-3,8,13,15-16H2,1H3,(H,28,32)(H,29,33)(H,30,31). The molecule has 8 nitrogen and oxygen atoms in total. The molecule has 178 valence electrons. The van der Waals surface area contributed by atoms with Crippen LogP contribution in [0.4, 0.5) is 4.79 Å². The van der Waals surface area contributed by atoms with Crippen molar-refractivity contribution in [3.05, 3.63) is 59.7 Å². The molecule has 0 saturated carbocycles. The number of amides is 2. The molecule has 8 heteroatoms. The highest BCUT2D eigenvalue weighted by atomic mass is 16.5. The molecular weight excluding hydrogens is 434 g/mol. The molecule has 3 N–H and O–H groups in total. The second-order valence-electron chi connectivity index (χ2n) is 8.43. The van der Waals surface area contributed by atoms with Crippen LogP contribution in [0.1, 0.15) is 56.1 Å². The van der Waals surface area contributed by atoms with Crippen LogP contribution in [0.2, 0.25) is 0 Å². The molecule has 0 bridgehead atoms. The van der Waals surface area contributed by atoms with Gasteiger partial charge in [-0.3, -0.25) is 9.59 Å². The van der Waals surface area contributed by atoms with E-state index in [1.54, 1.807) is 6.92 Å². The summed E-state index contributed by atoms with van der Waals surface area (Å²) in [6.07, 6.45) is 0.887. The van der Waals surface area contributed by atoms with Crippen LogP contribution in [0.25, 0.3) is 11.1 Å². The molecule has 2 aromatic carbocycles. The zero-order chi connectivity index (χ0) is 24.5. The molecule has 1 aliphatic rings. The number of nitriles is 1. The number of hydrogen-bond donors (Lipinski definition) is 3. The zero-order valence-electron chi connectivity index (χ0n) is 19.1. The number of aliphatic carboxylic acids is 1. The summed E-state index contributed by atoms with van der Waals surface area (Å²) in [7, 11) is 0. The Morgan fingerprint density at radius 2 is 1.65 bits per heavy atom. The van der Waals surface area contributed by atoms with Crippen LogP contribution in [0.5, 0.6) is 0 Å². The first-order valence-electron chi connectivity index (χ1n) is 11.4. The van der Waals surface area contributed by atoms with Crippen molar-refractivity contribution in [1.82, 2.24) is 10.6 Å². The molecule has 0 aliphatic heterocycles. The second-order valence-corrected chi connectivity index (χ2v) is 8.43. The molecule has 0 fully saturated rings. The van der Waals surface area contributed by atoms with Crippen molar-refractivity contribution in [3.63, 3.8) is 0 Å². The summed E-state index contributed by atoms with van der Waals surface area (Å²) >= 11 is 0. The summed E-state index contributed by atoms with van der Waals surface area (Å²) in [6, 6.07) is 16.6. The lowest BCUT2D eigenvalue weighted by atomic mass is 9.98. The largest absolute Gasteiger partial charge is 0.481 e. The highest BCUT2D eigenvalue weighted by Crippen LogP contribution is 2.44. The summed E-state index contributed by atoms with van der Waals surface area (Å²) in [5.41, 5.74) is 4.41. The number of nitrogens with zero attached hydrogens (tertiary/aromatic N) is 1. The summed E-state index contributed by atoms with van der Waals surface area (Å²) in [5, 5.41) is 22.9. The lowest BCUT2D eigenvalue weighted by molar-refractivity contribution is -0.137. The maximum atomic E-state index is 12.7. The number of nitrogens with one attached hydrogen (secondary N) is 2. The second kappa shape index (κ2) is 11.8. The molecule has 3 rings (SSSR count). The van der Waals surface area contributed by atoms with Gasteiger partial charge in [0.2, 0.25) is 5.91 Å². The molecule has 1 aliphatic carbocycles. The minimum Gasteiger partial charge on any atom is -0.481 e. The van der Waals surface area contributed by atoms with E-state index in [-0.39, 0.29) is 18.9 Å². The summed E-state index contributed by atoms with van der Waals surface area (Å²) in [4.78, 5) is 36.2. The third-order valence-corrected chi connectivity index (χ3v) is 5.85. The molecule has 2 amide bonds. The highest BCUT2D eigenvalue weighted by molar-refractivity contribution is 5.86. The van der Waals surface area contributed by atoms with Gasteiger partial charge in [-0.25, -0.2) is 4.79 Å². The van der Waals surface area contributed by atoms with Gasteiger partial charge in [-0.15, -0.1) is 0 Å². The molecule has 0 spiro atoms. The van der Waals surface area contributed by atoms with Crippen LogP contribution in [-0.2, 0) is 14.3 Å². The van der Waals surface area contributed by atoms with Crippen molar-refractivity contribution in [2.75, 3.05) is 6.61 Å². The summed E-state index contributed by atoms with van der Waals surface area (Å²) < 4.78 is 5.54. The van der Waals surface area contributed by atoms with Crippen LogP contribution < -0.4 is 10.6 Å². The first-order valence-corrected chi connectivity index (χ1v) is 11.4. The topological polar surface area (TPSA) is 129 Å². The van der Waals surface area contributed by atoms with Gasteiger partial charge in [0, 0.05) is 18.4 Å². The van der Waals surface area contributed by atoms with Gasteiger partial charge in [-0.2, -0.15) is 5.26 Å². The average molecular weight is 464 g/mol. The number of unbranched alkanes of at least 4 members (excludes halogenated alkanes) is 2. The zero-order valence-corrected chi connectivity index (χ0v) is 19.1. The number of carbonyl (C=O) groups excluding carboxylic acids is 2. The van der Waals surface area contributed by atoms with Crippen molar-refractivity contribution < 1.29 is 24.2 Å². The van der Waals surface area contributed by atoms with E-state index in [0.717, 1.165) is 22.3 Å². The van der Waals surface area contributed by atoms with Crippen LogP contribution >= 0.6 is 0 Å². The molecule has 34 heavy (non-hydrogen) atoms. The van der Waals surface area contributed by atoms with E-state index >= 15 is 0 Å². The van der Waals surface area contributed by atoms with E-state index in [9.17, 15) is 14.4 Å². The average Bonchev–Trinajstić information content (AvgIpc) is 3.13. The lowest BCUT2D eigenvalue weighted by Crippen LogP contribution is -2.49. The Labute approximate surface area is 198 Å². The molecule has 0 radical (unpaired) electrons. The predicted octanol–water partition coefficient (Wildman–Crippen LogP) is 3.96. The maximum absolute atomic E-state index is 12.7. The number of fused-ring (bicyclic) bond motifs is 3. The van der Waals surface area contributed by atoms with Crippen LogP contribution in [0.3, 0.4) is 0 Å². The number of carbonyl (C=O) groups is 3. The quantitative estimate of drug-likeness (QED) is 0.433. The highest BCUT2D eigenvalue weighted by Gasteiger charge is 2.30. The number of benzene rings is 2. The number of alkyl carbamates (subject to hydrolysis) is 1. The first-order chi connectivity index (χ1) is 16.4. The molecule has 2 atom stereocenters. The van der Waals surface area contributed by atoms with Gasteiger partial charge in [0.1, 0.15) is 12.6 Å². The minimum absolute atomic E-state index is 0.100. The monoisotopic (exact) mass is 463 g/mol. The lowest BCUT2D eigenvalue weighted by Gasteiger charge is -2.21. The maximum Gasteiger partial charge on any atom is 0.407 e. The molecule has 0 aromatic heterocycles. The van der Waals surface area contributed by atoms with Gasteiger partial charge in [0.05, 0.1) is 12.5 Å².